The number of nitrogens with one attached hydrogen (secondary N) is 2. The number of hydrogen-bond acceptors (Lipinski definition) is 7. The molecule has 0 aliphatic rings. The van der Waals surface area contributed by atoms with Gasteiger partial charge in [0.2, 0.25) is 5.88 Å². The lowest BCUT2D eigenvalue weighted by Crippen LogP contribution is -2.26. The van der Waals surface area contributed by atoms with Crippen LogP contribution in [0.4, 0.5) is 5.69 Å². The molecule has 2 aromatic heterocycles. The minimum atomic E-state index is -4.07. The van der Waals surface area contributed by atoms with Gasteiger partial charge in [-0.25, -0.2) is 13.4 Å². The smallest absolute Gasteiger partial charge is 0.271 e. The van der Waals surface area contributed by atoms with Gasteiger partial charge in [-0.15, -0.1) is 11.3 Å². The van der Waals surface area contributed by atoms with E-state index in [1.807, 2.05) is 0 Å². The summed E-state index contributed by atoms with van der Waals surface area (Å²) in [6.07, 6.45) is 1.27. The number of pyridine rings is 1. The molecule has 3 rings (SSSR count). The zero-order chi connectivity index (χ0) is 22.6. The SMILES string of the molecule is O=C(NCCO)c1ccccc1Oc1ncc(Cl)cc1NS(=O)(=O)c1cc(Cl)c(Cl)s1. The predicted octanol–water partition coefficient (Wildman–Crippen LogP) is 4.42. The van der Waals surface area contributed by atoms with E-state index in [0.29, 0.717) is 0 Å². The van der Waals surface area contributed by atoms with Crippen molar-refractivity contribution in [3.63, 3.8) is 0 Å². The van der Waals surface area contributed by atoms with E-state index in [1.54, 1.807) is 12.1 Å². The highest BCUT2D eigenvalue weighted by molar-refractivity contribution is 7.94. The van der Waals surface area contributed by atoms with E-state index in [9.17, 15) is 13.2 Å². The Morgan fingerprint density at radius 3 is 2.61 bits per heavy atom. The third-order valence-electron chi connectivity index (χ3n) is 3.69. The molecule has 0 saturated heterocycles. The van der Waals surface area contributed by atoms with Crippen LogP contribution in [0.2, 0.25) is 14.4 Å². The summed E-state index contributed by atoms with van der Waals surface area (Å²) in [5.74, 6) is -0.497. The van der Waals surface area contributed by atoms with Gasteiger partial charge in [0.05, 0.1) is 22.2 Å². The summed E-state index contributed by atoms with van der Waals surface area (Å²) >= 11 is 18.5. The summed E-state index contributed by atoms with van der Waals surface area (Å²) in [5, 5.41) is 11.7. The van der Waals surface area contributed by atoms with Crippen LogP contribution in [0.25, 0.3) is 0 Å². The van der Waals surface area contributed by atoms with Crippen LogP contribution in [0.5, 0.6) is 11.6 Å². The normalized spacial score (nSPS) is 11.2. The first-order valence-electron chi connectivity index (χ1n) is 8.50. The fourth-order valence-electron chi connectivity index (χ4n) is 2.35. The second-order valence-electron chi connectivity index (χ2n) is 5.88. The topological polar surface area (TPSA) is 118 Å². The molecule has 13 heteroatoms. The van der Waals surface area contributed by atoms with E-state index >= 15 is 0 Å². The molecule has 3 aromatic rings. The maximum atomic E-state index is 12.7. The minimum Gasteiger partial charge on any atom is -0.436 e. The second kappa shape index (κ2) is 10.0. The first kappa shape index (κ1) is 23.6. The third-order valence-corrected chi connectivity index (χ3v) is 7.60. The highest BCUT2D eigenvalue weighted by atomic mass is 35.5. The van der Waals surface area contributed by atoms with Crippen molar-refractivity contribution in [2.45, 2.75) is 4.21 Å². The number of nitrogens with zero attached hydrogens (tertiary/aromatic N) is 1. The maximum Gasteiger partial charge on any atom is 0.271 e. The molecule has 0 saturated carbocycles. The molecule has 31 heavy (non-hydrogen) atoms. The van der Waals surface area contributed by atoms with Crippen LogP contribution in [0.1, 0.15) is 10.4 Å². The lowest BCUT2D eigenvalue weighted by atomic mass is 10.2. The Bertz CT molecular complexity index is 1200. The van der Waals surface area contributed by atoms with Crippen LogP contribution in [0.15, 0.2) is 46.8 Å². The monoisotopic (exact) mass is 521 g/mol. The van der Waals surface area contributed by atoms with Gasteiger partial charge in [0.25, 0.3) is 15.9 Å². The molecule has 0 aliphatic carbocycles. The molecule has 3 N–H and O–H groups in total. The number of halogens is 3. The number of anilines is 1. The van der Waals surface area contributed by atoms with Gasteiger partial charge in [0, 0.05) is 12.7 Å². The number of benzene rings is 1. The second-order valence-corrected chi connectivity index (χ2v) is 10.3. The van der Waals surface area contributed by atoms with Crippen LogP contribution >= 0.6 is 46.1 Å². The zero-order valence-electron chi connectivity index (χ0n) is 15.4. The summed E-state index contributed by atoms with van der Waals surface area (Å²) in [6.45, 7) is -0.167. The molecular weight excluding hydrogens is 509 g/mol. The molecule has 1 amide bonds. The van der Waals surface area contributed by atoms with Crippen molar-refractivity contribution in [3.8, 4) is 11.6 Å². The van der Waals surface area contributed by atoms with E-state index in [1.165, 1.54) is 30.5 Å². The fraction of sp³-hybridized carbons (Fsp3) is 0.111. The van der Waals surface area contributed by atoms with E-state index < -0.39 is 15.9 Å². The van der Waals surface area contributed by atoms with Gasteiger partial charge in [-0.2, -0.15) is 0 Å². The van der Waals surface area contributed by atoms with Gasteiger partial charge in [-0.3, -0.25) is 9.52 Å². The maximum absolute atomic E-state index is 12.7. The molecule has 0 aliphatic heterocycles. The first-order valence-corrected chi connectivity index (χ1v) is 11.9. The summed E-state index contributed by atoms with van der Waals surface area (Å²) in [7, 11) is -4.07. The Balaban J connectivity index is 1.94. The molecule has 1 aromatic carbocycles. The Kier molecular flexibility index (Phi) is 7.63. The van der Waals surface area contributed by atoms with Gasteiger partial charge >= 0.3 is 0 Å². The van der Waals surface area contributed by atoms with Crippen molar-refractivity contribution in [1.29, 1.82) is 0 Å². The number of aliphatic hydroxyl groups excluding tert-OH is 1. The number of aromatic nitrogens is 1. The van der Waals surface area contributed by atoms with Gasteiger partial charge in [0.15, 0.2) is 0 Å². The quantitative estimate of drug-likeness (QED) is 0.403. The Morgan fingerprint density at radius 2 is 1.94 bits per heavy atom. The number of sulfonamides is 1. The molecular formula is C18H14Cl3N3O5S2. The standard InChI is InChI=1S/C18H14Cl3N3O5S2/c19-10-7-13(24-31(27,28)15-8-12(20)16(21)30-15)18(23-9-10)29-14-4-2-1-3-11(14)17(26)22-5-6-25/h1-4,7-9,24-25H,5-6H2,(H,22,26). The molecule has 0 bridgehead atoms. The van der Waals surface area contributed by atoms with Crippen LogP contribution in [-0.4, -0.2) is 37.6 Å². The number of rotatable bonds is 8. The Hall–Kier alpha value is -2.08. The van der Waals surface area contributed by atoms with Crippen molar-refractivity contribution in [1.82, 2.24) is 10.3 Å². The fourth-order valence-corrected chi connectivity index (χ4v) is 5.43. The van der Waals surface area contributed by atoms with Crippen molar-refractivity contribution >= 4 is 67.8 Å². The molecule has 8 nitrogen and oxygen atoms in total. The number of amides is 1. The average Bonchev–Trinajstić information content (AvgIpc) is 3.08. The summed E-state index contributed by atoms with van der Waals surface area (Å²) in [5.41, 5.74) is 0.108. The van der Waals surface area contributed by atoms with Crippen LogP contribution in [-0.2, 0) is 10.0 Å². The molecule has 0 unspecified atom stereocenters. The number of hydrogen-bond donors (Lipinski definition) is 3. The van der Waals surface area contributed by atoms with E-state index in [2.05, 4.69) is 15.0 Å². The number of thiophene rings is 1. The van der Waals surface area contributed by atoms with Gasteiger partial charge < -0.3 is 15.2 Å². The predicted molar refractivity (Wildman–Crippen MR) is 120 cm³/mol. The van der Waals surface area contributed by atoms with E-state index in [-0.39, 0.29) is 54.6 Å². The van der Waals surface area contributed by atoms with Crippen LogP contribution < -0.4 is 14.8 Å². The number of aliphatic hydroxyl groups is 1. The number of carbonyl (C=O) groups excluding carboxylic acids is 1. The Morgan fingerprint density at radius 1 is 1.19 bits per heavy atom. The van der Waals surface area contributed by atoms with E-state index in [0.717, 1.165) is 11.3 Å². The molecule has 0 atom stereocenters. The molecule has 2 heterocycles. The number of carbonyl (C=O) groups is 1. The van der Waals surface area contributed by atoms with Gasteiger partial charge in [-0.05, 0) is 24.3 Å². The highest BCUT2D eigenvalue weighted by Crippen LogP contribution is 2.37. The van der Waals surface area contributed by atoms with Gasteiger partial charge in [0.1, 0.15) is 20.0 Å². The molecule has 0 fully saturated rings. The van der Waals surface area contributed by atoms with Crippen molar-refractivity contribution in [2.75, 3.05) is 17.9 Å². The molecule has 164 valence electrons. The summed E-state index contributed by atoms with van der Waals surface area (Å²) in [6, 6.07) is 8.82. The molecule has 0 radical (unpaired) electrons. The molecule has 0 spiro atoms. The lowest BCUT2D eigenvalue weighted by molar-refractivity contribution is 0.0942. The lowest BCUT2D eigenvalue weighted by Gasteiger charge is -2.14. The van der Waals surface area contributed by atoms with Crippen molar-refractivity contribution in [3.05, 3.63) is 62.5 Å². The largest absolute Gasteiger partial charge is 0.436 e. The highest BCUT2D eigenvalue weighted by Gasteiger charge is 2.23. The summed E-state index contributed by atoms with van der Waals surface area (Å²) < 4.78 is 33.6. The number of ether oxygens (including phenoxy) is 1. The van der Waals surface area contributed by atoms with Crippen molar-refractivity contribution < 1.29 is 23.1 Å². The Labute approximate surface area is 196 Å². The minimum absolute atomic E-state index is 0.0567. The van der Waals surface area contributed by atoms with Crippen molar-refractivity contribution in [2.24, 2.45) is 0 Å². The van der Waals surface area contributed by atoms with Gasteiger partial charge in [-0.1, -0.05) is 46.9 Å². The van der Waals surface area contributed by atoms with Crippen LogP contribution in [0, 0.1) is 0 Å². The van der Waals surface area contributed by atoms with Crippen LogP contribution in [0.3, 0.4) is 0 Å². The number of para-hydroxylation sites is 1. The zero-order valence-corrected chi connectivity index (χ0v) is 19.3. The third kappa shape index (κ3) is 5.79. The van der Waals surface area contributed by atoms with E-state index in [4.69, 9.17) is 44.6 Å². The summed E-state index contributed by atoms with van der Waals surface area (Å²) in [4.78, 5) is 16.4. The average molecular weight is 523 g/mol. The first-order chi connectivity index (χ1) is 14.7.